The van der Waals surface area contributed by atoms with Gasteiger partial charge in [0.15, 0.2) is 23.9 Å². The molecule has 0 unspecified atom stereocenters. The highest BCUT2D eigenvalue weighted by atomic mass is 19.4. The molecular formula is C14H13F4N3O2. The van der Waals surface area contributed by atoms with Gasteiger partial charge in [-0.1, -0.05) is 12.1 Å². The molecule has 0 bridgehead atoms. The summed E-state index contributed by atoms with van der Waals surface area (Å²) >= 11 is 0. The number of para-hydroxylation sites is 1. The van der Waals surface area contributed by atoms with Crippen LogP contribution in [0.4, 0.5) is 17.6 Å². The van der Waals surface area contributed by atoms with Crippen molar-refractivity contribution in [3.63, 3.8) is 0 Å². The molecule has 0 aliphatic rings. The van der Waals surface area contributed by atoms with Crippen LogP contribution in [0, 0.1) is 5.82 Å². The van der Waals surface area contributed by atoms with Gasteiger partial charge < -0.3 is 10.1 Å². The Balaban J connectivity index is 1.73. The van der Waals surface area contributed by atoms with Crippen LogP contribution in [0.2, 0.25) is 0 Å². The summed E-state index contributed by atoms with van der Waals surface area (Å²) in [6, 6.07) is 6.48. The van der Waals surface area contributed by atoms with Gasteiger partial charge >= 0.3 is 6.18 Å². The number of nitrogens with zero attached hydrogens (tertiary/aromatic N) is 2. The summed E-state index contributed by atoms with van der Waals surface area (Å²) in [5, 5.41) is 5.78. The van der Waals surface area contributed by atoms with E-state index in [2.05, 4.69) is 10.4 Å². The highest BCUT2D eigenvalue weighted by molar-refractivity contribution is 5.77. The number of amides is 1. The van der Waals surface area contributed by atoms with E-state index in [1.54, 1.807) is 6.07 Å². The number of benzene rings is 1. The van der Waals surface area contributed by atoms with Crippen molar-refractivity contribution in [3.05, 3.63) is 48.0 Å². The Kier molecular flexibility index (Phi) is 5.20. The number of rotatable bonds is 6. The number of carbonyl (C=O) groups is 1. The van der Waals surface area contributed by atoms with Crippen molar-refractivity contribution in [2.75, 3.05) is 13.2 Å². The first-order valence-corrected chi connectivity index (χ1v) is 6.61. The molecule has 0 aliphatic carbocycles. The molecule has 0 atom stereocenters. The standard InChI is InChI=1S/C14H13F4N3O2/c15-10-3-1-2-4-11(10)23-9-13(22)19-6-8-21-7-5-12(20-21)14(16,17)18/h1-5,7H,6,8-9H2,(H,19,22). The minimum absolute atomic E-state index is 0.0513. The first-order valence-electron chi connectivity index (χ1n) is 6.61. The second kappa shape index (κ2) is 7.12. The van der Waals surface area contributed by atoms with Crippen molar-refractivity contribution < 1.29 is 27.1 Å². The van der Waals surface area contributed by atoms with E-state index in [-0.39, 0.29) is 18.8 Å². The van der Waals surface area contributed by atoms with E-state index in [1.807, 2.05) is 0 Å². The van der Waals surface area contributed by atoms with E-state index >= 15 is 0 Å². The van der Waals surface area contributed by atoms with Gasteiger partial charge in [0.25, 0.3) is 5.91 Å². The Labute approximate surface area is 128 Å². The molecule has 2 rings (SSSR count). The number of aromatic nitrogens is 2. The maximum absolute atomic E-state index is 13.3. The largest absolute Gasteiger partial charge is 0.481 e. The summed E-state index contributed by atoms with van der Waals surface area (Å²) in [7, 11) is 0. The number of ether oxygens (including phenoxy) is 1. The number of alkyl halides is 3. The third-order valence-electron chi connectivity index (χ3n) is 2.79. The van der Waals surface area contributed by atoms with Gasteiger partial charge in [-0.25, -0.2) is 4.39 Å². The lowest BCUT2D eigenvalue weighted by atomic mass is 10.3. The summed E-state index contributed by atoms with van der Waals surface area (Å²) in [4.78, 5) is 11.5. The minimum atomic E-state index is -4.50. The Morgan fingerprint density at radius 3 is 2.65 bits per heavy atom. The Hall–Kier alpha value is -2.58. The summed E-state index contributed by atoms with van der Waals surface area (Å²) in [5.41, 5.74) is -0.994. The molecule has 0 fully saturated rings. The lowest BCUT2D eigenvalue weighted by molar-refractivity contribution is -0.141. The average molecular weight is 331 g/mol. The van der Waals surface area contributed by atoms with E-state index < -0.39 is 30.2 Å². The molecule has 5 nitrogen and oxygen atoms in total. The SMILES string of the molecule is O=C(COc1ccccc1F)NCCn1ccc(C(F)(F)F)n1. The molecule has 0 spiro atoms. The molecular weight excluding hydrogens is 318 g/mol. The van der Waals surface area contributed by atoms with Crippen molar-refractivity contribution in [2.24, 2.45) is 0 Å². The fraction of sp³-hybridized carbons (Fsp3) is 0.286. The first-order chi connectivity index (χ1) is 10.9. The summed E-state index contributed by atoms with van der Waals surface area (Å²) in [5.74, 6) is -1.16. The second-order valence-corrected chi connectivity index (χ2v) is 4.53. The molecule has 0 saturated carbocycles. The smallest absolute Gasteiger partial charge is 0.435 e. The van der Waals surface area contributed by atoms with Crippen molar-refractivity contribution in [2.45, 2.75) is 12.7 Å². The zero-order chi connectivity index (χ0) is 16.9. The van der Waals surface area contributed by atoms with Crippen LogP contribution in [-0.4, -0.2) is 28.8 Å². The summed E-state index contributed by atoms with van der Waals surface area (Å²) in [6.45, 7) is -0.256. The first kappa shape index (κ1) is 16.8. The average Bonchev–Trinajstić information content (AvgIpc) is 2.95. The van der Waals surface area contributed by atoms with Gasteiger partial charge in [0.05, 0.1) is 6.54 Å². The van der Waals surface area contributed by atoms with Gasteiger partial charge in [-0.2, -0.15) is 18.3 Å². The van der Waals surface area contributed by atoms with E-state index in [1.165, 1.54) is 24.4 Å². The lowest BCUT2D eigenvalue weighted by Crippen LogP contribution is -2.31. The van der Waals surface area contributed by atoms with Gasteiger partial charge in [0, 0.05) is 12.7 Å². The third-order valence-corrected chi connectivity index (χ3v) is 2.79. The molecule has 0 aliphatic heterocycles. The monoisotopic (exact) mass is 331 g/mol. The molecule has 1 aromatic carbocycles. The predicted octanol–water partition coefficient (Wildman–Crippen LogP) is 2.24. The Bertz CT molecular complexity index is 670. The topological polar surface area (TPSA) is 56.1 Å². The zero-order valence-electron chi connectivity index (χ0n) is 11.8. The third kappa shape index (κ3) is 4.97. The summed E-state index contributed by atoms with van der Waals surface area (Å²) < 4.78 is 56.4. The van der Waals surface area contributed by atoms with E-state index in [9.17, 15) is 22.4 Å². The van der Waals surface area contributed by atoms with E-state index in [0.29, 0.717) is 0 Å². The van der Waals surface area contributed by atoms with Gasteiger partial charge in [-0.3, -0.25) is 9.48 Å². The molecule has 124 valence electrons. The molecule has 23 heavy (non-hydrogen) atoms. The van der Waals surface area contributed by atoms with Crippen LogP contribution in [0.5, 0.6) is 5.75 Å². The number of hydrogen-bond acceptors (Lipinski definition) is 3. The molecule has 1 N–H and O–H groups in total. The number of nitrogens with one attached hydrogen (secondary N) is 1. The van der Waals surface area contributed by atoms with Crippen LogP contribution in [0.1, 0.15) is 5.69 Å². The highest BCUT2D eigenvalue weighted by Gasteiger charge is 2.33. The minimum Gasteiger partial charge on any atom is -0.481 e. The molecule has 1 heterocycles. The fourth-order valence-electron chi connectivity index (χ4n) is 1.70. The van der Waals surface area contributed by atoms with Crippen LogP contribution in [-0.2, 0) is 17.5 Å². The van der Waals surface area contributed by atoms with E-state index in [0.717, 1.165) is 10.7 Å². The van der Waals surface area contributed by atoms with Crippen molar-refractivity contribution >= 4 is 5.91 Å². The maximum atomic E-state index is 13.3. The van der Waals surface area contributed by atoms with Gasteiger partial charge in [0.2, 0.25) is 0 Å². The zero-order valence-corrected chi connectivity index (χ0v) is 11.8. The van der Waals surface area contributed by atoms with Crippen LogP contribution in [0.3, 0.4) is 0 Å². The molecule has 0 radical (unpaired) electrons. The molecule has 1 aromatic heterocycles. The maximum Gasteiger partial charge on any atom is 0.435 e. The quantitative estimate of drug-likeness (QED) is 0.826. The van der Waals surface area contributed by atoms with Crippen LogP contribution >= 0.6 is 0 Å². The lowest BCUT2D eigenvalue weighted by Gasteiger charge is -2.08. The number of halogens is 4. The van der Waals surface area contributed by atoms with Crippen molar-refractivity contribution in [1.82, 2.24) is 15.1 Å². The second-order valence-electron chi connectivity index (χ2n) is 4.53. The molecule has 0 saturated heterocycles. The van der Waals surface area contributed by atoms with E-state index in [4.69, 9.17) is 4.74 Å². The van der Waals surface area contributed by atoms with Crippen molar-refractivity contribution in [3.8, 4) is 5.75 Å². The fourth-order valence-corrected chi connectivity index (χ4v) is 1.70. The highest BCUT2D eigenvalue weighted by Crippen LogP contribution is 2.27. The van der Waals surface area contributed by atoms with Crippen LogP contribution in [0.15, 0.2) is 36.5 Å². The van der Waals surface area contributed by atoms with Gasteiger partial charge in [0.1, 0.15) is 0 Å². The van der Waals surface area contributed by atoms with Crippen molar-refractivity contribution in [1.29, 1.82) is 0 Å². The van der Waals surface area contributed by atoms with Crippen LogP contribution < -0.4 is 10.1 Å². The Morgan fingerprint density at radius 1 is 1.26 bits per heavy atom. The van der Waals surface area contributed by atoms with Gasteiger partial charge in [-0.15, -0.1) is 0 Å². The van der Waals surface area contributed by atoms with Crippen LogP contribution in [0.25, 0.3) is 0 Å². The predicted molar refractivity (Wildman–Crippen MR) is 72.1 cm³/mol. The van der Waals surface area contributed by atoms with Gasteiger partial charge in [-0.05, 0) is 18.2 Å². The molecule has 1 amide bonds. The normalized spacial score (nSPS) is 11.3. The Morgan fingerprint density at radius 2 is 2.00 bits per heavy atom. The number of hydrogen-bond donors (Lipinski definition) is 1. The summed E-state index contributed by atoms with van der Waals surface area (Å²) in [6.07, 6.45) is -3.33. The number of carbonyl (C=O) groups excluding carboxylic acids is 1. The molecule has 2 aromatic rings. The molecule has 9 heteroatoms.